The topological polar surface area (TPSA) is 50.7 Å². The molecular weight excluding hydrogens is 496 g/mol. The first kappa shape index (κ1) is 21.6. The van der Waals surface area contributed by atoms with E-state index < -0.39 is 7.59 Å². The number of aromatic nitrogens is 3. The quantitative estimate of drug-likeness (QED) is 0.484. The van der Waals surface area contributed by atoms with E-state index in [4.69, 9.17) is 92.8 Å². The molecule has 136 valence electrons. The van der Waals surface area contributed by atoms with Crippen LogP contribution >= 0.6 is 92.8 Å². The smallest absolute Gasteiger partial charge is 0.250 e. The van der Waals surface area contributed by atoms with Gasteiger partial charge >= 0.3 is 0 Å². The fourth-order valence-electron chi connectivity index (χ4n) is 1.77. The Labute approximate surface area is 184 Å². The third kappa shape index (κ3) is 5.66. The van der Waals surface area contributed by atoms with Crippen LogP contribution in [-0.2, 0) is 7.59 Å². The van der Waals surface area contributed by atoms with E-state index in [0.717, 1.165) is 0 Å². The molecule has 0 aliphatic carbocycles. The fraction of sp³-hybridized carbons (Fsp3) is 0.308. The first-order chi connectivity index (χ1) is 11.5. The van der Waals surface area contributed by atoms with Crippen LogP contribution in [0.1, 0.15) is 11.6 Å². The van der Waals surface area contributed by atoms with Gasteiger partial charge in [-0.15, -0.1) is 11.6 Å². The number of rotatable bonds is 4. The lowest BCUT2D eigenvalue weighted by molar-refractivity contribution is 0.851. The first-order valence-electron chi connectivity index (χ1n) is 6.53. The summed E-state index contributed by atoms with van der Waals surface area (Å²) < 4.78 is -3.88. The normalized spacial score (nSPS) is 12.3. The second-order valence-electron chi connectivity index (χ2n) is 4.58. The zero-order chi connectivity index (χ0) is 18.8. The Morgan fingerprint density at radius 2 is 1.44 bits per heavy atom. The van der Waals surface area contributed by atoms with Gasteiger partial charge in [0.25, 0.3) is 0 Å². The van der Waals surface area contributed by atoms with Gasteiger partial charge in [0.1, 0.15) is 0 Å². The summed E-state index contributed by atoms with van der Waals surface area (Å²) in [6.45, 7) is 0.515. The van der Waals surface area contributed by atoms with E-state index in [2.05, 4.69) is 20.3 Å². The van der Waals surface area contributed by atoms with Crippen molar-refractivity contribution in [3.05, 3.63) is 34.9 Å². The third-order valence-electron chi connectivity index (χ3n) is 2.79. The highest BCUT2D eigenvalue weighted by molar-refractivity contribution is 6.67. The van der Waals surface area contributed by atoms with Crippen molar-refractivity contribution in [1.29, 1.82) is 0 Å². The number of hydrogen-bond acceptors (Lipinski definition) is 4. The summed E-state index contributed by atoms with van der Waals surface area (Å²) in [5.74, 6) is 0.108. The second-order valence-corrected chi connectivity index (χ2v) is 9.90. The molecule has 1 heterocycles. The monoisotopic (exact) mass is 500 g/mol. The molecule has 0 fully saturated rings. The van der Waals surface area contributed by atoms with Crippen LogP contribution in [0.25, 0.3) is 11.4 Å². The molecule has 0 radical (unpaired) electrons. The van der Waals surface area contributed by atoms with Crippen molar-refractivity contribution in [3.8, 4) is 11.4 Å². The van der Waals surface area contributed by atoms with Gasteiger partial charge in [-0.25, -0.2) is 15.0 Å². The van der Waals surface area contributed by atoms with Gasteiger partial charge in [0.2, 0.25) is 7.59 Å². The Morgan fingerprint density at radius 1 is 0.880 bits per heavy atom. The van der Waals surface area contributed by atoms with Crippen LogP contribution in [0.3, 0.4) is 0 Å². The predicted molar refractivity (Wildman–Crippen MR) is 108 cm³/mol. The minimum atomic E-state index is -1.94. The Balaban J connectivity index is 2.63. The van der Waals surface area contributed by atoms with Gasteiger partial charge in [-0.05, 0) is 12.1 Å². The molecule has 0 saturated carbocycles. The lowest BCUT2D eigenvalue weighted by atomic mass is 10.2. The Hall–Kier alpha value is 0.350. The molecule has 4 nitrogen and oxygen atoms in total. The minimum absolute atomic E-state index is 0.0946. The molecule has 1 aromatic heterocycles. The Kier molecular flexibility index (Phi) is 7.42. The van der Waals surface area contributed by atoms with Crippen molar-refractivity contribution < 1.29 is 0 Å². The van der Waals surface area contributed by atoms with Crippen LogP contribution in [0.5, 0.6) is 0 Å². The molecule has 1 N–H and O–H groups in total. The molecule has 0 amide bonds. The Morgan fingerprint density at radius 3 is 1.92 bits per heavy atom. The molecule has 1 aromatic carbocycles. The summed E-state index contributed by atoms with van der Waals surface area (Å²) in [5.41, 5.74) is 1.07. The lowest BCUT2D eigenvalue weighted by Gasteiger charge is -2.16. The summed E-state index contributed by atoms with van der Waals surface area (Å²) in [6.07, 6.45) is 0. The number of hydrogen-bond donors (Lipinski definition) is 1. The zero-order valence-corrected chi connectivity index (χ0v) is 18.1. The molecule has 0 aliphatic rings. The molecule has 0 spiro atoms. The third-order valence-corrected chi connectivity index (χ3v) is 4.40. The second kappa shape index (κ2) is 8.57. The van der Waals surface area contributed by atoms with E-state index in [1.165, 1.54) is 0 Å². The maximum atomic E-state index is 6.41. The van der Waals surface area contributed by atoms with Crippen molar-refractivity contribution in [2.45, 2.75) is 7.59 Å². The maximum absolute atomic E-state index is 6.41. The van der Waals surface area contributed by atoms with Crippen LogP contribution in [0.4, 0.5) is 5.69 Å². The van der Waals surface area contributed by atoms with Gasteiger partial charge in [-0.2, -0.15) is 0 Å². The zero-order valence-electron chi connectivity index (χ0n) is 12.0. The number of anilines is 1. The molecule has 2 rings (SSSR count). The van der Waals surface area contributed by atoms with Gasteiger partial charge < -0.3 is 5.32 Å². The molecule has 0 atom stereocenters. The van der Waals surface area contributed by atoms with Crippen LogP contribution in [-0.4, -0.2) is 27.4 Å². The van der Waals surface area contributed by atoms with E-state index in [9.17, 15) is 0 Å². The first-order valence-corrected chi connectivity index (χ1v) is 9.71. The molecular formula is C13H8Cl8N4. The number of nitrogens with one attached hydrogen (secondary N) is 1. The minimum Gasteiger partial charge on any atom is -0.383 e. The van der Waals surface area contributed by atoms with Gasteiger partial charge in [-0.1, -0.05) is 87.3 Å². The number of halogens is 8. The summed E-state index contributed by atoms with van der Waals surface area (Å²) in [7, 11) is 0. The highest BCUT2D eigenvalue weighted by Gasteiger charge is 2.34. The SMILES string of the molecule is ClCCNc1cccc(-c2nc(C(Cl)(Cl)Cl)nc(C(Cl)(Cl)Cl)n2)c1Cl. The molecule has 12 heteroatoms. The summed E-state index contributed by atoms with van der Waals surface area (Å²) >= 11 is 47.3. The molecule has 0 saturated heterocycles. The van der Waals surface area contributed by atoms with Crippen LogP contribution in [0, 0.1) is 0 Å². The van der Waals surface area contributed by atoms with Gasteiger partial charge in [0.05, 0.1) is 10.7 Å². The van der Waals surface area contributed by atoms with Crippen molar-refractivity contribution in [2.75, 3.05) is 17.7 Å². The van der Waals surface area contributed by atoms with E-state index in [0.29, 0.717) is 28.7 Å². The van der Waals surface area contributed by atoms with E-state index in [-0.39, 0.29) is 17.5 Å². The van der Waals surface area contributed by atoms with Crippen LogP contribution in [0.2, 0.25) is 5.02 Å². The largest absolute Gasteiger partial charge is 0.383 e. The highest BCUT2D eigenvalue weighted by Crippen LogP contribution is 2.41. The number of alkyl halides is 7. The molecule has 0 unspecified atom stereocenters. The maximum Gasteiger partial charge on any atom is 0.250 e. The van der Waals surface area contributed by atoms with Crippen molar-refractivity contribution >= 4 is 98.5 Å². The van der Waals surface area contributed by atoms with Gasteiger partial charge in [-0.3, -0.25) is 0 Å². The van der Waals surface area contributed by atoms with E-state index in [1.54, 1.807) is 18.2 Å². The highest BCUT2D eigenvalue weighted by atomic mass is 35.6. The van der Waals surface area contributed by atoms with Gasteiger partial charge in [0, 0.05) is 18.0 Å². The summed E-state index contributed by atoms with van der Waals surface area (Å²) in [6, 6.07) is 5.19. The van der Waals surface area contributed by atoms with E-state index >= 15 is 0 Å². The average molecular weight is 504 g/mol. The van der Waals surface area contributed by atoms with Crippen molar-refractivity contribution in [1.82, 2.24) is 15.0 Å². The fourth-order valence-corrected chi connectivity index (χ4v) is 2.65. The van der Waals surface area contributed by atoms with E-state index in [1.807, 2.05) is 0 Å². The summed E-state index contributed by atoms with van der Waals surface area (Å²) in [4.78, 5) is 12.2. The molecule has 2 aromatic rings. The average Bonchev–Trinajstić information content (AvgIpc) is 2.52. The number of benzene rings is 1. The molecule has 0 bridgehead atoms. The van der Waals surface area contributed by atoms with Crippen molar-refractivity contribution in [2.24, 2.45) is 0 Å². The van der Waals surface area contributed by atoms with Crippen LogP contribution < -0.4 is 5.32 Å². The Bertz CT molecular complexity index is 724. The van der Waals surface area contributed by atoms with Crippen molar-refractivity contribution in [3.63, 3.8) is 0 Å². The van der Waals surface area contributed by atoms with Crippen LogP contribution in [0.15, 0.2) is 18.2 Å². The standard InChI is InChI=1S/C13H8Cl8N4/c14-4-5-22-7-3-1-2-6(8(7)15)9-23-10(12(16,17)18)25-11(24-9)13(19,20)21/h1-3,22H,4-5H2. The molecule has 0 aliphatic heterocycles. The number of nitrogens with zero attached hydrogens (tertiary/aromatic N) is 3. The summed E-state index contributed by atoms with van der Waals surface area (Å²) in [5, 5.41) is 3.41. The molecule has 25 heavy (non-hydrogen) atoms. The lowest BCUT2D eigenvalue weighted by Crippen LogP contribution is -2.17. The predicted octanol–water partition coefficient (Wildman–Crippen LogP) is 6.50. The van der Waals surface area contributed by atoms with Gasteiger partial charge in [0.15, 0.2) is 17.5 Å².